The molecule has 3 aromatic heterocycles. The second-order valence-electron chi connectivity index (χ2n) is 11.5. The molecule has 1 saturated heterocycles. The minimum atomic E-state index is -0.988. The van der Waals surface area contributed by atoms with Crippen molar-refractivity contribution in [2.24, 2.45) is 0 Å². The van der Waals surface area contributed by atoms with Crippen molar-refractivity contribution >= 4 is 34.3 Å². The van der Waals surface area contributed by atoms with E-state index in [0.717, 1.165) is 52.2 Å². The summed E-state index contributed by atoms with van der Waals surface area (Å²) in [5.74, 6) is -0.988. The van der Waals surface area contributed by atoms with Gasteiger partial charge in [0, 0.05) is 54.6 Å². The quantitative estimate of drug-likeness (QED) is 0.297. The summed E-state index contributed by atoms with van der Waals surface area (Å²) in [6.45, 7) is 10.3. The molecule has 1 aliphatic rings. The Labute approximate surface area is 243 Å². The van der Waals surface area contributed by atoms with Crippen LogP contribution in [-0.2, 0) is 4.74 Å². The topological polar surface area (TPSA) is 113 Å². The van der Waals surface area contributed by atoms with E-state index >= 15 is 0 Å². The van der Waals surface area contributed by atoms with Crippen LogP contribution in [0.2, 0.25) is 0 Å². The highest BCUT2D eigenvalue weighted by Crippen LogP contribution is 2.31. The summed E-state index contributed by atoms with van der Waals surface area (Å²) < 4.78 is 7.33. The molecular formula is C32H32N6O4. The number of piperazine rings is 1. The lowest BCUT2D eigenvalue weighted by Crippen LogP contribution is -2.50. The molecule has 5 aromatic rings. The first-order chi connectivity index (χ1) is 20.1. The lowest BCUT2D eigenvalue weighted by atomic mass is 10.0. The van der Waals surface area contributed by atoms with E-state index in [1.807, 2.05) is 44.3 Å². The lowest BCUT2D eigenvalue weighted by Gasteiger charge is -2.36. The number of imidazole rings is 1. The lowest BCUT2D eigenvalue weighted by molar-refractivity contribution is 0.0240. The SMILES string of the molecule is Cc1nn2c(-c3ccnc4cc(C(=O)O)ccc34)cnc2cc1-c1ccc(N2CCN(C(=O)OC(C)(C)C)CC2)cc1. The molecule has 0 unspecified atom stereocenters. The maximum absolute atomic E-state index is 12.4. The van der Waals surface area contributed by atoms with Crippen molar-refractivity contribution < 1.29 is 19.4 Å². The van der Waals surface area contributed by atoms with Crippen molar-refractivity contribution in [1.82, 2.24) is 24.5 Å². The van der Waals surface area contributed by atoms with E-state index in [1.165, 1.54) is 0 Å². The van der Waals surface area contributed by atoms with Crippen LogP contribution in [0.4, 0.5) is 10.5 Å². The molecule has 0 bridgehead atoms. The Balaban J connectivity index is 1.23. The largest absolute Gasteiger partial charge is 0.478 e. The number of carbonyl (C=O) groups excluding carboxylic acids is 1. The third kappa shape index (κ3) is 5.23. The van der Waals surface area contributed by atoms with Crippen molar-refractivity contribution in [1.29, 1.82) is 0 Å². The van der Waals surface area contributed by atoms with Gasteiger partial charge >= 0.3 is 12.1 Å². The number of nitrogens with zero attached hydrogens (tertiary/aromatic N) is 6. The van der Waals surface area contributed by atoms with Crippen LogP contribution in [-0.4, -0.2) is 73.4 Å². The highest BCUT2D eigenvalue weighted by Gasteiger charge is 2.26. The van der Waals surface area contributed by atoms with Gasteiger partial charge in [0.1, 0.15) is 5.60 Å². The summed E-state index contributed by atoms with van der Waals surface area (Å²) in [6.07, 6.45) is 3.19. The number of carboxylic acid groups (broad SMARTS) is 1. The summed E-state index contributed by atoms with van der Waals surface area (Å²) in [6, 6.07) is 17.3. The number of aromatic nitrogens is 4. The third-order valence-electron chi connectivity index (χ3n) is 7.42. The number of amides is 1. The van der Waals surface area contributed by atoms with Gasteiger partial charge < -0.3 is 19.6 Å². The average Bonchev–Trinajstić information content (AvgIpc) is 3.37. The van der Waals surface area contributed by atoms with Gasteiger partial charge in [-0.05, 0) is 69.7 Å². The van der Waals surface area contributed by atoms with E-state index in [0.29, 0.717) is 24.3 Å². The number of pyridine rings is 1. The van der Waals surface area contributed by atoms with Gasteiger partial charge in [-0.25, -0.2) is 19.1 Å². The van der Waals surface area contributed by atoms with E-state index in [1.54, 1.807) is 35.5 Å². The molecule has 1 amide bonds. The van der Waals surface area contributed by atoms with Crippen LogP contribution >= 0.6 is 0 Å². The van der Waals surface area contributed by atoms with E-state index < -0.39 is 11.6 Å². The van der Waals surface area contributed by atoms with Gasteiger partial charge in [-0.3, -0.25) is 4.98 Å². The molecule has 10 nitrogen and oxygen atoms in total. The molecule has 0 radical (unpaired) electrons. The van der Waals surface area contributed by atoms with Crippen LogP contribution in [0.3, 0.4) is 0 Å². The molecule has 0 saturated carbocycles. The standard InChI is InChI=1S/C32H32N6O4/c1-20-26(21-5-8-23(9-6-21)36-13-15-37(16-14-36)31(41)42-32(2,3)4)18-29-34-19-28(38(29)35-20)25-11-12-33-27-17-22(30(39)40)7-10-24(25)27/h5-12,17-19H,13-16H2,1-4H3,(H,39,40). The minimum absolute atomic E-state index is 0.193. The van der Waals surface area contributed by atoms with Crippen molar-refractivity contribution in [3.63, 3.8) is 0 Å². The van der Waals surface area contributed by atoms with E-state index in [9.17, 15) is 14.7 Å². The van der Waals surface area contributed by atoms with Gasteiger partial charge in [0.05, 0.1) is 28.7 Å². The molecule has 2 aromatic carbocycles. The number of hydrogen-bond donors (Lipinski definition) is 1. The van der Waals surface area contributed by atoms with Crippen LogP contribution < -0.4 is 4.90 Å². The first-order valence-corrected chi connectivity index (χ1v) is 13.9. The number of anilines is 1. The number of benzene rings is 2. The maximum atomic E-state index is 12.4. The molecule has 42 heavy (non-hydrogen) atoms. The number of carbonyl (C=O) groups is 2. The summed E-state index contributed by atoms with van der Waals surface area (Å²) in [7, 11) is 0. The molecule has 10 heteroatoms. The Morgan fingerprint density at radius 1 is 0.905 bits per heavy atom. The number of ether oxygens (including phenoxy) is 1. The van der Waals surface area contributed by atoms with Crippen molar-refractivity contribution in [3.05, 3.63) is 78.2 Å². The number of aromatic carboxylic acids is 1. The molecule has 0 spiro atoms. The van der Waals surface area contributed by atoms with Gasteiger partial charge in [-0.15, -0.1) is 0 Å². The first kappa shape index (κ1) is 27.2. The van der Waals surface area contributed by atoms with Crippen molar-refractivity contribution in [3.8, 4) is 22.4 Å². The monoisotopic (exact) mass is 564 g/mol. The second-order valence-corrected chi connectivity index (χ2v) is 11.5. The predicted octanol–water partition coefficient (Wildman–Crippen LogP) is 5.68. The molecular weight excluding hydrogens is 532 g/mol. The fourth-order valence-corrected chi connectivity index (χ4v) is 5.31. The van der Waals surface area contributed by atoms with Gasteiger partial charge in [-0.1, -0.05) is 18.2 Å². The molecule has 1 N–H and O–H groups in total. The summed E-state index contributed by atoms with van der Waals surface area (Å²) >= 11 is 0. The highest BCUT2D eigenvalue weighted by molar-refractivity contribution is 5.98. The number of fused-ring (bicyclic) bond motifs is 2. The zero-order valence-corrected chi connectivity index (χ0v) is 24.0. The number of aryl methyl sites for hydroxylation is 1. The highest BCUT2D eigenvalue weighted by atomic mass is 16.6. The molecule has 4 heterocycles. The minimum Gasteiger partial charge on any atom is -0.478 e. The maximum Gasteiger partial charge on any atom is 0.410 e. The number of hydrogen-bond acceptors (Lipinski definition) is 7. The first-order valence-electron chi connectivity index (χ1n) is 13.9. The molecule has 6 rings (SSSR count). The zero-order chi connectivity index (χ0) is 29.6. The Morgan fingerprint density at radius 2 is 1.64 bits per heavy atom. The van der Waals surface area contributed by atoms with Crippen LogP contribution in [0, 0.1) is 6.92 Å². The molecule has 1 aliphatic heterocycles. The fourth-order valence-electron chi connectivity index (χ4n) is 5.31. The predicted molar refractivity (Wildman–Crippen MR) is 161 cm³/mol. The summed E-state index contributed by atoms with van der Waals surface area (Å²) in [5.41, 5.74) is 6.67. The Kier molecular flexibility index (Phi) is 6.76. The van der Waals surface area contributed by atoms with Gasteiger partial charge in [0.25, 0.3) is 0 Å². The Bertz CT molecular complexity index is 1820. The van der Waals surface area contributed by atoms with Crippen LogP contribution in [0.15, 0.2) is 67.0 Å². The van der Waals surface area contributed by atoms with Crippen LogP contribution in [0.5, 0.6) is 0 Å². The zero-order valence-electron chi connectivity index (χ0n) is 24.0. The fraction of sp³-hybridized carbons (Fsp3) is 0.281. The number of carboxylic acids is 1. The molecule has 1 fully saturated rings. The normalized spacial score (nSPS) is 14.0. The Hall–Kier alpha value is -4.99. The van der Waals surface area contributed by atoms with Crippen molar-refractivity contribution in [2.45, 2.75) is 33.3 Å². The van der Waals surface area contributed by atoms with E-state index in [-0.39, 0.29) is 11.7 Å². The third-order valence-corrected chi connectivity index (χ3v) is 7.42. The summed E-state index contributed by atoms with van der Waals surface area (Å²) in [4.78, 5) is 36.9. The molecule has 0 atom stereocenters. The van der Waals surface area contributed by atoms with Gasteiger partial charge in [-0.2, -0.15) is 5.10 Å². The van der Waals surface area contributed by atoms with E-state index in [2.05, 4.69) is 39.1 Å². The Morgan fingerprint density at radius 3 is 2.33 bits per heavy atom. The van der Waals surface area contributed by atoms with Crippen LogP contribution in [0.25, 0.3) is 38.9 Å². The second kappa shape index (κ2) is 10.4. The smallest absolute Gasteiger partial charge is 0.410 e. The van der Waals surface area contributed by atoms with E-state index in [4.69, 9.17) is 9.84 Å². The van der Waals surface area contributed by atoms with Crippen molar-refractivity contribution in [2.75, 3.05) is 31.1 Å². The molecule has 0 aliphatic carbocycles. The van der Waals surface area contributed by atoms with Crippen LogP contribution in [0.1, 0.15) is 36.8 Å². The molecule has 214 valence electrons. The van der Waals surface area contributed by atoms with Gasteiger partial charge in [0.2, 0.25) is 0 Å². The number of rotatable bonds is 4. The average molecular weight is 565 g/mol. The summed E-state index contributed by atoms with van der Waals surface area (Å²) in [5, 5.41) is 15.1. The van der Waals surface area contributed by atoms with Gasteiger partial charge in [0.15, 0.2) is 5.65 Å².